The number of hydrogen-bond acceptors (Lipinski definition) is 5. The minimum atomic E-state index is -0.415. The number of nitro groups is 1. The van der Waals surface area contributed by atoms with Gasteiger partial charge in [-0.1, -0.05) is 13.0 Å². The Kier molecular flexibility index (Phi) is 7.71. The Morgan fingerprint density at radius 1 is 1.43 bits per heavy atom. The summed E-state index contributed by atoms with van der Waals surface area (Å²) >= 11 is 0. The predicted octanol–water partition coefficient (Wildman–Crippen LogP) is 2.90. The van der Waals surface area contributed by atoms with E-state index in [0.717, 1.165) is 18.5 Å². The fraction of sp³-hybridized carbons (Fsp3) is 0.600. The van der Waals surface area contributed by atoms with E-state index >= 15 is 0 Å². The maximum absolute atomic E-state index is 11.1. The second-order valence-electron chi connectivity index (χ2n) is 4.95. The van der Waals surface area contributed by atoms with E-state index in [4.69, 9.17) is 9.47 Å². The zero-order valence-corrected chi connectivity index (χ0v) is 12.9. The lowest BCUT2D eigenvalue weighted by atomic mass is 10.2. The van der Waals surface area contributed by atoms with Crippen molar-refractivity contribution in [3.63, 3.8) is 0 Å². The van der Waals surface area contributed by atoms with E-state index in [1.165, 1.54) is 6.07 Å². The van der Waals surface area contributed by atoms with Crippen molar-refractivity contribution in [2.24, 2.45) is 0 Å². The molecule has 0 aromatic heterocycles. The summed E-state index contributed by atoms with van der Waals surface area (Å²) in [7, 11) is 1.62. The molecule has 0 heterocycles. The van der Waals surface area contributed by atoms with E-state index in [2.05, 4.69) is 12.2 Å². The number of rotatable bonds is 10. The Labute approximate surface area is 125 Å². The molecule has 6 nitrogen and oxygen atoms in total. The monoisotopic (exact) mass is 296 g/mol. The van der Waals surface area contributed by atoms with Crippen LogP contribution in [0.5, 0.6) is 5.75 Å². The van der Waals surface area contributed by atoms with Crippen LogP contribution in [0.4, 0.5) is 5.69 Å². The third kappa shape index (κ3) is 6.10. The molecule has 118 valence electrons. The van der Waals surface area contributed by atoms with Gasteiger partial charge in [0.05, 0.1) is 11.0 Å². The fourth-order valence-electron chi connectivity index (χ4n) is 1.88. The molecular formula is C15H24N2O4. The Balaban J connectivity index is 2.80. The maximum Gasteiger partial charge on any atom is 0.310 e. The summed E-state index contributed by atoms with van der Waals surface area (Å²) < 4.78 is 10.7. The number of methoxy groups -OCH3 is 1. The number of ether oxygens (including phenoxy) is 2. The van der Waals surface area contributed by atoms with Crippen LogP contribution < -0.4 is 10.1 Å². The van der Waals surface area contributed by atoms with E-state index in [9.17, 15) is 10.1 Å². The number of nitrogens with zero attached hydrogens (tertiary/aromatic N) is 1. The van der Waals surface area contributed by atoms with Crippen molar-refractivity contribution in [3.05, 3.63) is 33.9 Å². The summed E-state index contributed by atoms with van der Waals surface area (Å²) in [6.45, 7) is 6.12. The van der Waals surface area contributed by atoms with Crippen LogP contribution in [0.2, 0.25) is 0 Å². The van der Waals surface area contributed by atoms with Crippen molar-refractivity contribution in [2.45, 2.75) is 39.3 Å². The molecule has 0 aliphatic rings. The van der Waals surface area contributed by atoms with Gasteiger partial charge in [-0.15, -0.1) is 0 Å². The average Bonchev–Trinajstić information content (AvgIpc) is 2.45. The first kappa shape index (κ1) is 17.4. The normalized spacial score (nSPS) is 12.1. The highest BCUT2D eigenvalue weighted by molar-refractivity contribution is 5.48. The molecule has 0 aliphatic carbocycles. The van der Waals surface area contributed by atoms with E-state index in [-0.39, 0.29) is 11.8 Å². The SMILES string of the molecule is CCCNCc1ccc([N+](=O)[O-])c(OC(C)CCOC)c1. The van der Waals surface area contributed by atoms with Crippen LogP contribution in [0.1, 0.15) is 32.3 Å². The number of nitro benzene ring substituents is 1. The quantitative estimate of drug-likeness (QED) is 0.408. The van der Waals surface area contributed by atoms with Gasteiger partial charge in [-0.3, -0.25) is 10.1 Å². The molecule has 0 saturated carbocycles. The third-order valence-electron chi connectivity index (χ3n) is 3.03. The molecule has 0 bridgehead atoms. The van der Waals surface area contributed by atoms with Crippen molar-refractivity contribution in [1.29, 1.82) is 0 Å². The average molecular weight is 296 g/mol. The lowest BCUT2D eigenvalue weighted by Gasteiger charge is -2.15. The summed E-state index contributed by atoms with van der Waals surface area (Å²) in [5.74, 6) is 0.319. The topological polar surface area (TPSA) is 73.6 Å². The Morgan fingerprint density at radius 3 is 2.81 bits per heavy atom. The van der Waals surface area contributed by atoms with Gasteiger partial charge in [-0.2, -0.15) is 0 Å². The fourth-order valence-corrected chi connectivity index (χ4v) is 1.88. The van der Waals surface area contributed by atoms with Crippen molar-refractivity contribution >= 4 is 5.69 Å². The molecule has 0 saturated heterocycles. The van der Waals surface area contributed by atoms with Crippen LogP contribution in [0.25, 0.3) is 0 Å². The summed E-state index contributed by atoms with van der Waals surface area (Å²) in [5, 5.41) is 14.3. The Bertz CT molecular complexity index is 451. The van der Waals surface area contributed by atoms with E-state index in [0.29, 0.717) is 25.3 Å². The van der Waals surface area contributed by atoms with E-state index in [1.54, 1.807) is 19.2 Å². The van der Waals surface area contributed by atoms with Gasteiger partial charge in [0, 0.05) is 32.7 Å². The summed E-state index contributed by atoms with van der Waals surface area (Å²) in [4.78, 5) is 10.7. The standard InChI is InChI=1S/C15H24N2O4/c1-4-8-16-11-13-5-6-14(17(18)19)15(10-13)21-12(2)7-9-20-3/h5-6,10,12,16H,4,7-9,11H2,1-3H3. The smallest absolute Gasteiger partial charge is 0.310 e. The highest BCUT2D eigenvalue weighted by Gasteiger charge is 2.17. The minimum absolute atomic E-state index is 0.00138. The Morgan fingerprint density at radius 2 is 2.19 bits per heavy atom. The minimum Gasteiger partial charge on any atom is -0.484 e. The molecule has 6 heteroatoms. The van der Waals surface area contributed by atoms with Crippen LogP contribution in [-0.2, 0) is 11.3 Å². The van der Waals surface area contributed by atoms with Gasteiger partial charge in [0.15, 0.2) is 5.75 Å². The lowest BCUT2D eigenvalue weighted by molar-refractivity contribution is -0.386. The summed E-state index contributed by atoms with van der Waals surface area (Å²) in [5.41, 5.74) is 0.974. The van der Waals surface area contributed by atoms with E-state index < -0.39 is 4.92 Å². The molecule has 21 heavy (non-hydrogen) atoms. The highest BCUT2D eigenvalue weighted by atomic mass is 16.6. The van der Waals surface area contributed by atoms with Crippen LogP contribution >= 0.6 is 0 Å². The second kappa shape index (κ2) is 9.31. The zero-order valence-electron chi connectivity index (χ0n) is 12.9. The molecular weight excluding hydrogens is 272 g/mol. The molecule has 0 spiro atoms. The molecule has 1 rings (SSSR count). The van der Waals surface area contributed by atoms with Gasteiger partial charge in [0.2, 0.25) is 0 Å². The molecule has 0 fully saturated rings. The van der Waals surface area contributed by atoms with Crippen molar-refractivity contribution in [3.8, 4) is 5.75 Å². The zero-order chi connectivity index (χ0) is 15.7. The summed E-state index contributed by atoms with van der Waals surface area (Å²) in [6.07, 6.45) is 1.60. The van der Waals surface area contributed by atoms with Crippen LogP contribution in [0, 0.1) is 10.1 Å². The first-order valence-corrected chi connectivity index (χ1v) is 7.22. The first-order valence-electron chi connectivity index (χ1n) is 7.22. The van der Waals surface area contributed by atoms with Crippen LogP contribution in [-0.4, -0.2) is 31.3 Å². The molecule has 1 N–H and O–H groups in total. The maximum atomic E-state index is 11.1. The highest BCUT2D eigenvalue weighted by Crippen LogP contribution is 2.29. The lowest BCUT2D eigenvalue weighted by Crippen LogP contribution is -2.16. The van der Waals surface area contributed by atoms with Crippen molar-refractivity contribution in [1.82, 2.24) is 5.32 Å². The molecule has 0 aliphatic heterocycles. The largest absolute Gasteiger partial charge is 0.484 e. The van der Waals surface area contributed by atoms with Gasteiger partial charge in [0.1, 0.15) is 0 Å². The van der Waals surface area contributed by atoms with Gasteiger partial charge in [0.25, 0.3) is 0 Å². The van der Waals surface area contributed by atoms with Crippen LogP contribution in [0.3, 0.4) is 0 Å². The van der Waals surface area contributed by atoms with Crippen molar-refractivity contribution < 1.29 is 14.4 Å². The molecule has 1 aromatic carbocycles. The predicted molar refractivity (Wildman–Crippen MR) is 81.7 cm³/mol. The second-order valence-corrected chi connectivity index (χ2v) is 4.95. The number of hydrogen-bond donors (Lipinski definition) is 1. The number of nitrogens with one attached hydrogen (secondary N) is 1. The molecule has 0 amide bonds. The Hall–Kier alpha value is -1.66. The van der Waals surface area contributed by atoms with Gasteiger partial charge < -0.3 is 14.8 Å². The third-order valence-corrected chi connectivity index (χ3v) is 3.03. The molecule has 1 atom stereocenters. The molecule has 1 aromatic rings. The van der Waals surface area contributed by atoms with Gasteiger partial charge >= 0.3 is 5.69 Å². The first-order chi connectivity index (χ1) is 10.1. The molecule has 1 unspecified atom stereocenters. The van der Waals surface area contributed by atoms with Gasteiger partial charge in [-0.25, -0.2) is 0 Å². The van der Waals surface area contributed by atoms with Gasteiger partial charge in [-0.05, 0) is 31.5 Å². The number of benzene rings is 1. The van der Waals surface area contributed by atoms with Crippen LogP contribution in [0.15, 0.2) is 18.2 Å². The van der Waals surface area contributed by atoms with E-state index in [1.807, 2.05) is 6.92 Å². The molecule has 0 radical (unpaired) electrons. The summed E-state index contributed by atoms with van der Waals surface area (Å²) in [6, 6.07) is 5.00. The van der Waals surface area contributed by atoms with Crippen molar-refractivity contribution in [2.75, 3.05) is 20.3 Å².